The molecule has 0 fully saturated rings. The molecule has 9 heterocycles. The average Bonchev–Trinajstić information content (AvgIpc) is 1.69. The number of nitrogens with zero attached hydrogens (tertiary/aromatic N) is 14. The van der Waals surface area contributed by atoms with E-state index in [4.69, 9.17) is 5.73 Å². The SMILES string of the molecule is CN(C)c1ccc(C(=O)CBr)cc1.CS(=O)(=O)Cl.Cc1ccc(N)nc1.Cc1ccc2nc(-c3ccc(N(C)C)cc3)cn2c1.Cc1ccc2nc(-c3ccc(N(C)C)cc3)cn2c1.Cc1ccc2nc(-c3ccc(N(C)C)cc3)cn2c1.Cc1ccc2nc(-c3ccc(N(C)C)cc3)cn2c1.Cl. The zero-order valence-corrected chi connectivity index (χ0v) is 65.3. The molecule has 0 aliphatic carbocycles. The van der Waals surface area contributed by atoms with E-state index in [1.807, 2.05) is 137 Å². The number of aromatic nitrogens is 9. The third kappa shape index (κ3) is 23.8. The summed E-state index contributed by atoms with van der Waals surface area (Å²) >= 11 is 3.14. The van der Waals surface area contributed by atoms with Gasteiger partial charge in [0.1, 0.15) is 28.4 Å². The minimum atomic E-state index is -3.19. The highest BCUT2D eigenvalue weighted by Crippen LogP contribution is 2.27. The van der Waals surface area contributed by atoms with Crippen LogP contribution in [0.15, 0.2) is 238 Å². The summed E-state index contributed by atoms with van der Waals surface area (Å²) < 4.78 is 27.1. The number of alkyl halides is 1. The standard InChI is InChI=1S/4C16H17N3.C10H12BrNO.C6H8N2.CH3ClO2S.ClH/c4*1-12-4-9-16-17-15(11-19(16)10-12)13-5-7-14(8-6-13)18(2)3;1-12(2)9-5-3-8(4-6-9)10(13)7-11;1-5-2-3-6(7)8-4-5;1-5(2,3)4;/h4*4-11H,1-3H3;3-6H,7H2,1-2H3;2-4H,1H3,(H2,7,8);1H3;1H. The molecule has 0 aliphatic heterocycles. The van der Waals surface area contributed by atoms with Gasteiger partial charge >= 0.3 is 0 Å². The molecule has 14 rings (SSSR count). The summed E-state index contributed by atoms with van der Waals surface area (Å²) in [5.41, 5.74) is 30.6. The number of Topliss-reactive ketones (excluding diaryl/α,β-unsaturated/α-hetero) is 1. The highest BCUT2D eigenvalue weighted by atomic mass is 79.9. The fraction of sp³-hybridized carbons (Fsp3) is 0.210. The Bertz CT molecular complexity index is 4600. The van der Waals surface area contributed by atoms with Crippen molar-refractivity contribution in [1.29, 1.82) is 0 Å². The van der Waals surface area contributed by atoms with Crippen LogP contribution in [0.25, 0.3) is 67.6 Å². The van der Waals surface area contributed by atoms with Crippen LogP contribution in [-0.2, 0) is 9.05 Å². The van der Waals surface area contributed by atoms with Crippen molar-refractivity contribution in [1.82, 2.24) is 42.5 Å². The van der Waals surface area contributed by atoms with Crippen molar-refractivity contribution in [2.24, 2.45) is 0 Å². The Hall–Kier alpha value is -10.5. The maximum absolute atomic E-state index is 11.2. The second-order valence-corrected chi connectivity index (χ2v) is 29.2. The van der Waals surface area contributed by atoms with Crippen molar-refractivity contribution in [2.75, 3.05) is 112 Å². The van der Waals surface area contributed by atoms with Crippen molar-refractivity contribution >= 4 is 111 Å². The Morgan fingerprint density at radius 3 is 0.796 bits per heavy atom. The molecule has 18 nitrogen and oxygen atoms in total. The first-order valence-corrected chi connectivity index (χ1v) is 36.7. The van der Waals surface area contributed by atoms with Gasteiger partial charge in [0.15, 0.2) is 5.78 Å². The number of imidazole rings is 4. The molecule has 22 heteroatoms. The van der Waals surface area contributed by atoms with Gasteiger partial charge in [-0.2, -0.15) is 0 Å². The fourth-order valence-electron chi connectivity index (χ4n) is 10.2. The van der Waals surface area contributed by atoms with E-state index in [-0.39, 0.29) is 18.2 Å². The van der Waals surface area contributed by atoms with Crippen molar-refractivity contribution in [3.8, 4) is 45.0 Å². The molecule has 0 unspecified atom stereocenters. The zero-order chi connectivity index (χ0) is 73.9. The van der Waals surface area contributed by atoms with Crippen LogP contribution in [0, 0.1) is 34.6 Å². The van der Waals surface area contributed by atoms with Gasteiger partial charge in [0.2, 0.25) is 9.05 Å². The third-order valence-corrected chi connectivity index (χ3v) is 16.4. The predicted octanol–water partition coefficient (Wildman–Crippen LogP) is 17.4. The Morgan fingerprint density at radius 2 is 0.602 bits per heavy atom. The molecule has 2 N–H and O–H groups in total. The number of hydrogen-bond acceptors (Lipinski definition) is 14. The van der Waals surface area contributed by atoms with Gasteiger partial charge in [-0.1, -0.05) is 94.8 Å². The Kier molecular flexibility index (Phi) is 28.6. The van der Waals surface area contributed by atoms with E-state index in [0.29, 0.717) is 11.1 Å². The molecule has 0 spiro atoms. The molecule has 9 aromatic heterocycles. The zero-order valence-electron chi connectivity index (χ0n) is 61.4. The van der Waals surface area contributed by atoms with Crippen LogP contribution in [0.3, 0.4) is 0 Å². The smallest absolute Gasteiger partial charge is 0.229 e. The Labute approximate surface area is 625 Å². The van der Waals surface area contributed by atoms with Crippen molar-refractivity contribution in [3.63, 3.8) is 0 Å². The molecule has 14 aromatic rings. The minimum absolute atomic E-state index is 0. The highest BCUT2D eigenvalue weighted by molar-refractivity contribution is 9.09. The van der Waals surface area contributed by atoms with E-state index in [1.54, 1.807) is 12.3 Å². The molecular weight excluding hydrogens is 1410 g/mol. The number of carbonyl (C=O) groups is 1. The second-order valence-electron chi connectivity index (χ2n) is 25.6. The van der Waals surface area contributed by atoms with Crippen molar-refractivity contribution < 1.29 is 13.2 Å². The van der Waals surface area contributed by atoms with Crippen LogP contribution in [0.4, 0.5) is 34.3 Å². The second kappa shape index (κ2) is 36.9. The summed E-state index contributed by atoms with van der Waals surface area (Å²) in [6.45, 7) is 10.3. The molecular formula is C81H92BrCl2N15O3S. The number of anilines is 6. The maximum atomic E-state index is 11.2. The highest BCUT2D eigenvalue weighted by Gasteiger charge is 2.11. The lowest BCUT2D eigenvalue weighted by Gasteiger charge is -2.12. The van der Waals surface area contributed by atoms with E-state index < -0.39 is 9.05 Å². The largest absolute Gasteiger partial charge is 0.384 e. The van der Waals surface area contributed by atoms with Gasteiger partial charge in [0, 0.05) is 193 Å². The molecule has 0 saturated carbocycles. The number of rotatable bonds is 11. The molecule has 0 atom stereocenters. The van der Waals surface area contributed by atoms with Gasteiger partial charge in [-0.3, -0.25) is 4.79 Å². The van der Waals surface area contributed by atoms with Crippen LogP contribution < -0.4 is 30.2 Å². The van der Waals surface area contributed by atoms with Crippen molar-refractivity contribution in [2.45, 2.75) is 34.6 Å². The van der Waals surface area contributed by atoms with Crippen molar-refractivity contribution in [3.05, 3.63) is 271 Å². The van der Waals surface area contributed by atoms with Gasteiger partial charge < -0.3 is 47.8 Å². The summed E-state index contributed by atoms with van der Waals surface area (Å²) in [5.74, 6) is 0.695. The number of hydrogen-bond donors (Lipinski definition) is 1. The predicted molar refractivity (Wildman–Crippen MR) is 439 cm³/mol. The third-order valence-electron chi connectivity index (χ3n) is 15.9. The van der Waals surface area contributed by atoms with Gasteiger partial charge in [-0.15, -0.1) is 12.4 Å². The summed E-state index contributed by atoms with van der Waals surface area (Å²) in [5, 5.41) is 0.383. The molecule has 103 heavy (non-hydrogen) atoms. The van der Waals surface area contributed by atoms with E-state index >= 15 is 0 Å². The number of aryl methyl sites for hydroxylation is 5. The lowest BCUT2D eigenvalue weighted by atomic mass is 10.1. The molecule has 0 aliphatic rings. The normalized spacial score (nSPS) is 10.5. The molecule has 0 radical (unpaired) electrons. The molecule has 5 aromatic carbocycles. The van der Waals surface area contributed by atoms with Crippen LogP contribution in [0.1, 0.15) is 38.2 Å². The van der Waals surface area contributed by atoms with Crippen LogP contribution in [-0.4, -0.2) is 139 Å². The lowest BCUT2D eigenvalue weighted by molar-refractivity contribution is 0.102. The molecule has 0 amide bonds. The average molecular weight is 1510 g/mol. The van der Waals surface area contributed by atoms with Gasteiger partial charge in [-0.25, -0.2) is 33.3 Å². The van der Waals surface area contributed by atoms with Gasteiger partial charge in [0.05, 0.1) is 34.4 Å². The number of nitrogen functional groups attached to an aromatic ring is 1. The first-order chi connectivity index (χ1) is 48.5. The van der Waals surface area contributed by atoms with E-state index in [0.717, 1.165) is 90.7 Å². The molecule has 0 bridgehead atoms. The quantitative estimate of drug-likeness (QED) is 0.0735. The van der Waals surface area contributed by atoms with E-state index in [9.17, 15) is 13.2 Å². The fourth-order valence-corrected chi connectivity index (χ4v) is 10.5. The minimum Gasteiger partial charge on any atom is -0.384 e. The molecule has 0 saturated heterocycles. The van der Waals surface area contributed by atoms with E-state index in [2.05, 4.69) is 287 Å². The van der Waals surface area contributed by atoms with E-state index in [1.165, 1.54) is 45.0 Å². The Morgan fingerprint density at radius 1 is 0.379 bits per heavy atom. The first kappa shape index (κ1) is 79.8. The monoisotopic (exact) mass is 1500 g/mol. The van der Waals surface area contributed by atoms with Gasteiger partial charge in [-0.05, 0) is 166 Å². The first-order valence-electron chi connectivity index (χ1n) is 32.8. The number of carbonyl (C=O) groups excluding carboxylic acids is 1. The lowest BCUT2D eigenvalue weighted by Crippen LogP contribution is -2.09. The van der Waals surface area contributed by atoms with Gasteiger partial charge in [0.25, 0.3) is 0 Å². The summed E-state index contributed by atoms with van der Waals surface area (Å²) in [6.07, 6.45) is 19.4. The topological polar surface area (TPSA) is 176 Å². The summed E-state index contributed by atoms with van der Waals surface area (Å²) in [6, 6.07) is 61.7. The molecule has 536 valence electrons. The number of halogens is 3. The number of ketones is 1. The number of fused-ring (bicyclic) bond motifs is 4. The van der Waals surface area contributed by atoms with Crippen LogP contribution in [0.2, 0.25) is 0 Å². The maximum Gasteiger partial charge on any atom is 0.229 e. The van der Waals surface area contributed by atoms with Crippen LogP contribution >= 0.6 is 39.0 Å². The Balaban J connectivity index is 0.000000173. The summed E-state index contributed by atoms with van der Waals surface area (Å²) in [7, 11) is 21.6. The number of pyridine rings is 5. The summed E-state index contributed by atoms with van der Waals surface area (Å²) in [4.78, 5) is 44.1. The number of nitrogens with two attached hydrogens (primary N) is 1. The number of benzene rings is 5. The van der Waals surface area contributed by atoms with Crippen LogP contribution in [0.5, 0.6) is 0 Å².